The molecule has 3 aromatic rings. The first-order valence-corrected chi connectivity index (χ1v) is 7.12. The molecule has 0 unspecified atom stereocenters. The van der Waals surface area contributed by atoms with Crippen molar-refractivity contribution in [3.63, 3.8) is 0 Å². The molecule has 5 heteroatoms. The summed E-state index contributed by atoms with van der Waals surface area (Å²) in [6, 6.07) is 11.9. The Morgan fingerprint density at radius 3 is 2.89 bits per heavy atom. The molecule has 0 saturated carbocycles. The van der Waals surface area contributed by atoms with E-state index in [-0.39, 0.29) is 0 Å². The van der Waals surface area contributed by atoms with Crippen molar-refractivity contribution in [2.75, 3.05) is 0 Å². The van der Waals surface area contributed by atoms with Crippen LogP contribution in [0.1, 0.15) is 5.56 Å². The number of halogens is 1. The van der Waals surface area contributed by atoms with Crippen molar-refractivity contribution in [1.29, 1.82) is 0 Å². The van der Waals surface area contributed by atoms with E-state index >= 15 is 0 Å². The van der Waals surface area contributed by atoms with Crippen LogP contribution >= 0.6 is 23.4 Å². The second-order valence-corrected chi connectivity index (χ2v) is 5.32. The lowest BCUT2D eigenvalue weighted by Crippen LogP contribution is -1.89. The molecule has 0 radical (unpaired) electrons. The zero-order valence-corrected chi connectivity index (χ0v) is 11.5. The Morgan fingerprint density at radius 2 is 2.05 bits per heavy atom. The largest absolute Gasteiger partial charge is 0.245 e. The maximum absolute atomic E-state index is 6.21. The number of rotatable bonds is 3. The number of aromatic nitrogens is 3. The highest BCUT2D eigenvalue weighted by atomic mass is 35.5. The van der Waals surface area contributed by atoms with Crippen LogP contribution < -0.4 is 0 Å². The van der Waals surface area contributed by atoms with Gasteiger partial charge in [-0.2, -0.15) is 0 Å². The summed E-state index contributed by atoms with van der Waals surface area (Å²) in [4.78, 5) is 12.5. The van der Waals surface area contributed by atoms with Crippen LogP contribution in [0.2, 0.25) is 5.15 Å². The molecule has 0 fully saturated rings. The first-order chi connectivity index (χ1) is 9.33. The molecule has 0 atom stereocenters. The van der Waals surface area contributed by atoms with Gasteiger partial charge in [0.1, 0.15) is 11.5 Å². The second-order valence-electron chi connectivity index (χ2n) is 3.97. The summed E-state index contributed by atoms with van der Waals surface area (Å²) in [6.45, 7) is 0. The molecule has 3 nitrogen and oxygen atoms in total. The van der Waals surface area contributed by atoms with E-state index in [0.717, 1.165) is 27.2 Å². The van der Waals surface area contributed by atoms with E-state index in [2.05, 4.69) is 21.0 Å². The number of hydrogen-bond donors (Lipinski definition) is 0. The molecule has 3 rings (SSSR count). The maximum Gasteiger partial charge on any atom is 0.133 e. The third-order valence-electron chi connectivity index (χ3n) is 2.68. The van der Waals surface area contributed by atoms with Crippen LogP contribution in [0.4, 0.5) is 0 Å². The van der Waals surface area contributed by atoms with E-state index in [0.29, 0.717) is 5.15 Å². The summed E-state index contributed by atoms with van der Waals surface area (Å²) in [5, 5.41) is 2.59. The average molecular weight is 288 g/mol. The lowest BCUT2D eigenvalue weighted by atomic mass is 10.2. The minimum Gasteiger partial charge on any atom is -0.245 e. The fourth-order valence-electron chi connectivity index (χ4n) is 1.75. The van der Waals surface area contributed by atoms with E-state index in [9.17, 15) is 0 Å². The quantitative estimate of drug-likeness (QED) is 0.415. The number of hydrogen-bond acceptors (Lipinski definition) is 4. The van der Waals surface area contributed by atoms with E-state index in [1.54, 1.807) is 24.3 Å². The molecular formula is C14H10ClN3S. The van der Waals surface area contributed by atoms with Gasteiger partial charge < -0.3 is 0 Å². The molecule has 0 amide bonds. The molecule has 0 aliphatic heterocycles. The molecule has 0 aliphatic rings. The Labute approximate surface area is 120 Å². The monoisotopic (exact) mass is 287 g/mol. The van der Waals surface area contributed by atoms with E-state index in [1.807, 2.05) is 30.3 Å². The van der Waals surface area contributed by atoms with Crippen molar-refractivity contribution in [1.82, 2.24) is 15.0 Å². The summed E-state index contributed by atoms with van der Waals surface area (Å²) < 4.78 is 0. The van der Waals surface area contributed by atoms with Gasteiger partial charge in [0.2, 0.25) is 0 Å². The van der Waals surface area contributed by atoms with Gasteiger partial charge in [-0.05, 0) is 18.2 Å². The summed E-state index contributed by atoms with van der Waals surface area (Å²) in [5.41, 5.74) is 1.94. The Morgan fingerprint density at radius 1 is 1.16 bits per heavy atom. The molecular weight excluding hydrogens is 278 g/mol. The van der Waals surface area contributed by atoms with Crippen molar-refractivity contribution in [3.8, 4) is 0 Å². The molecule has 19 heavy (non-hydrogen) atoms. The highest BCUT2D eigenvalue weighted by Gasteiger charge is 2.06. The van der Waals surface area contributed by atoms with E-state index in [1.165, 1.54) is 0 Å². The predicted molar refractivity (Wildman–Crippen MR) is 78.3 cm³/mol. The molecule has 0 N–H and O–H groups in total. The third kappa shape index (κ3) is 2.85. The Bertz CT molecular complexity index is 703. The summed E-state index contributed by atoms with van der Waals surface area (Å²) in [5.74, 6) is 0.744. The van der Waals surface area contributed by atoms with Gasteiger partial charge in [-0.25, -0.2) is 15.0 Å². The summed E-state index contributed by atoms with van der Waals surface area (Å²) in [6.07, 6.45) is 3.28. The number of thioether (sulfide) groups is 1. The lowest BCUT2D eigenvalue weighted by molar-refractivity contribution is 1.05. The van der Waals surface area contributed by atoms with Gasteiger partial charge in [0.15, 0.2) is 0 Å². The maximum atomic E-state index is 6.21. The minimum absolute atomic E-state index is 0.556. The van der Waals surface area contributed by atoms with Crippen molar-refractivity contribution >= 4 is 34.3 Å². The van der Waals surface area contributed by atoms with E-state index < -0.39 is 0 Å². The van der Waals surface area contributed by atoms with Crippen molar-refractivity contribution < 1.29 is 0 Å². The minimum atomic E-state index is 0.556. The smallest absolute Gasteiger partial charge is 0.133 e. The van der Waals surface area contributed by atoms with Gasteiger partial charge in [-0.1, -0.05) is 29.8 Å². The fourth-order valence-corrected chi connectivity index (χ4v) is 2.85. The van der Waals surface area contributed by atoms with Gasteiger partial charge in [0, 0.05) is 22.9 Å². The van der Waals surface area contributed by atoms with Crippen LogP contribution in [0.15, 0.2) is 53.9 Å². The number of nitrogens with zero attached hydrogens (tertiary/aromatic N) is 3. The zero-order chi connectivity index (χ0) is 13.1. The number of pyridine rings is 1. The second kappa shape index (κ2) is 5.55. The van der Waals surface area contributed by atoms with Crippen LogP contribution in [0, 0.1) is 0 Å². The zero-order valence-electron chi connectivity index (χ0n) is 9.95. The molecule has 1 aromatic carbocycles. The average Bonchev–Trinajstić information content (AvgIpc) is 2.46. The standard InChI is InChI=1S/C14H10ClN3S/c15-14-11(8-19-13-5-6-16-9-17-13)7-10-3-1-2-4-12(10)18-14/h1-7,9H,8H2. The van der Waals surface area contributed by atoms with Crippen LogP contribution in [0.3, 0.4) is 0 Å². The molecule has 2 heterocycles. The molecule has 2 aromatic heterocycles. The normalized spacial score (nSPS) is 10.8. The Balaban J connectivity index is 1.86. The van der Waals surface area contributed by atoms with Crippen LogP contribution in [0.5, 0.6) is 0 Å². The van der Waals surface area contributed by atoms with Crippen LogP contribution in [-0.4, -0.2) is 15.0 Å². The molecule has 0 spiro atoms. The van der Waals surface area contributed by atoms with Gasteiger partial charge in [-0.15, -0.1) is 11.8 Å². The van der Waals surface area contributed by atoms with Crippen molar-refractivity contribution in [2.24, 2.45) is 0 Å². The Hall–Kier alpha value is -1.65. The van der Waals surface area contributed by atoms with E-state index in [4.69, 9.17) is 11.6 Å². The van der Waals surface area contributed by atoms with Gasteiger partial charge >= 0.3 is 0 Å². The van der Waals surface area contributed by atoms with Gasteiger partial charge in [-0.3, -0.25) is 0 Å². The molecule has 0 aliphatic carbocycles. The first kappa shape index (κ1) is 12.4. The third-order valence-corrected chi connectivity index (χ3v) is 4.00. The first-order valence-electron chi connectivity index (χ1n) is 5.76. The molecule has 0 saturated heterocycles. The molecule has 0 bridgehead atoms. The van der Waals surface area contributed by atoms with Crippen molar-refractivity contribution in [2.45, 2.75) is 10.8 Å². The SMILES string of the molecule is Clc1nc2ccccc2cc1CSc1ccncn1. The number of benzene rings is 1. The topological polar surface area (TPSA) is 38.7 Å². The number of fused-ring (bicyclic) bond motifs is 1. The fraction of sp³-hybridized carbons (Fsp3) is 0.0714. The van der Waals surface area contributed by atoms with Crippen molar-refractivity contribution in [3.05, 3.63) is 59.6 Å². The summed E-state index contributed by atoms with van der Waals surface area (Å²) >= 11 is 7.83. The van der Waals surface area contributed by atoms with Crippen LogP contribution in [0.25, 0.3) is 10.9 Å². The number of para-hydroxylation sites is 1. The van der Waals surface area contributed by atoms with Gasteiger partial charge in [0.05, 0.1) is 10.5 Å². The lowest BCUT2D eigenvalue weighted by Gasteiger charge is -2.05. The highest BCUT2D eigenvalue weighted by Crippen LogP contribution is 2.26. The molecule has 94 valence electrons. The van der Waals surface area contributed by atoms with Gasteiger partial charge in [0.25, 0.3) is 0 Å². The Kier molecular flexibility index (Phi) is 3.62. The highest BCUT2D eigenvalue weighted by molar-refractivity contribution is 7.98. The van der Waals surface area contributed by atoms with Crippen LogP contribution in [-0.2, 0) is 5.75 Å². The predicted octanol–water partition coefficient (Wildman–Crippen LogP) is 3.97. The summed E-state index contributed by atoms with van der Waals surface area (Å²) in [7, 11) is 0.